The second-order valence-corrected chi connectivity index (χ2v) is 13.0. The number of fused-ring (bicyclic) bond motifs is 5. The number of ether oxygens (including phenoxy) is 1. The van der Waals surface area contributed by atoms with Crippen molar-refractivity contribution in [3.8, 4) is 0 Å². The van der Waals surface area contributed by atoms with Crippen LogP contribution >= 0.6 is 0 Å². The van der Waals surface area contributed by atoms with Crippen LogP contribution in [0.15, 0.2) is 11.6 Å². The van der Waals surface area contributed by atoms with Crippen molar-refractivity contribution in [3.63, 3.8) is 0 Å². The average molecular weight is 593 g/mol. The van der Waals surface area contributed by atoms with Gasteiger partial charge in [0.15, 0.2) is 6.61 Å². The normalized spacial score (nSPS) is 35.2. The molecule has 12 heteroatoms. The number of hydrogen-bond acceptors (Lipinski definition) is 10. The van der Waals surface area contributed by atoms with E-state index in [9.17, 15) is 39.5 Å². The second kappa shape index (κ2) is 12.8. The lowest BCUT2D eigenvalue weighted by Crippen LogP contribution is -2.61. The van der Waals surface area contributed by atoms with E-state index in [0.29, 0.717) is 51.4 Å². The molecule has 12 nitrogen and oxygen atoms in total. The van der Waals surface area contributed by atoms with Crippen LogP contribution in [-0.2, 0) is 28.8 Å². The maximum atomic E-state index is 13.4. The predicted octanol–water partition coefficient (Wildman–Crippen LogP) is 2.61. The number of nitrogens with zero attached hydrogens (tertiary/aromatic N) is 1. The molecule has 42 heavy (non-hydrogen) atoms. The number of hydrogen-bond donors (Lipinski definition) is 3. The van der Waals surface area contributed by atoms with E-state index in [2.05, 4.69) is 23.2 Å². The summed E-state index contributed by atoms with van der Waals surface area (Å²) in [5.74, 6) is -1.20. The Kier molecular flexibility index (Phi) is 9.76. The minimum Gasteiger partial charge on any atom is -0.457 e. The number of amides is 1. The Labute approximate surface area is 245 Å². The summed E-state index contributed by atoms with van der Waals surface area (Å²) >= 11 is 0. The topological polar surface area (TPSA) is 182 Å². The van der Waals surface area contributed by atoms with Crippen LogP contribution in [0.3, 0.4) is 0 Å². The van der Waals surface area contributed by atoms with Crippen LogP contribution in [0.25, 0.3) is 0 Å². The van der Waals surface area contributed by atoms with E-state index in [1.165, 1.54) is 0 Å². The van der Waals surface area contributed by atoms with E-state index in [-0.39, 0.29) is 73.7 Å². The number of rotatable bonds is 13. The molecule has 0 spiro atoms. The van der Waals surface area contributed by atoms with E-state index in [0.717, 1.165) is 5.57 Å². The Morgan fingerprint density at radius 3 is 2.67 bits per heavy atom. The molecule has 0 heterocycles. The zero-order chi connectivity index (χ0) is 30.7. The summed E-state index contributed by atoms with van der Waals surface area (Å²) in [4.78, 5) is 64.0. The van der Waals surface area contributed by atoms with Crippen molar-refractivity contribution in [1.29, 1.82) is 0 Å². The van der Waals surface area contributed by atoms with Crippen LogP contribution in [0.2, 0.25) is 0 Å². The van der Waals surface area contributed by atoms with Gasteiger partial charge < -0.3 is 25.1 Å². The minimum atomic E-state index is -1.73. The number of allylic oxidation sites excluding steroid dienone is 2. The van der Waals surface area contributed by atoms with Crippen LogP contribution in [0.1, 0.15) is 90.9 Å². The first-order chi connectivity index (χ1) is 19.8. The van der Waals surface area contributed by atoms with E-state index >= 15 is 0 Å². The highest BCUT2D eigenvalue weighted by atomic mass is 16.9. The van der Waals surface area contributed by atoms with Crippen molar-refractivity contribution >= 4 is 23.4 Å². The summed E-state index contributed by atoms with van der Waals surface area (Å²) in [5, 5.41) is 35.1. The third-order valence-corrected chi connectivity index (χ3v) is 10.7. The van der Waals surface area contributed by atoms with Crippen molar-refractivity contribution in [1.82, 2.24) is 5.32 Å². The van der Waals surface area contributed by atoms with Crippen molar-refractivity contribution in [2.75, 3.05) is 19.8 Å². The number of Topliss-reactive ketones (excluding diaryl/α,β-unsaturated/α-hetero) is 2. The molecule has 0 saturated heterocycles. The number of nitrogens with one attached hydrogen (secondary N) is 1. The third-order valence-electron chi connectivity index (χ3n) is 10.7. The molecule has 3 fully saturated rings. The molecule has 7 atom stereocenters. The fourth-order valence-corrected chi connectivity index (χ4v) is 8.51. The van der Waals surface area contributed by atoms with Crippen molar-refractivity contribution in [3.05, 3.63) is 21.8 Å². The lowest BCUT2D eigenvalue weighted by Gasteiger charge is -2.59. The molecular weight excluding hydrogens is 548 g/mol. The number of unbranched alkanes of at least 4 members (excludes halogenated alkanes) is 2. The van der Waals surface area contributed by atoms with Crippen LogP contribution < -0.4 is 5.32 Å². The molecular formula is C30H44N2O10. The molecule has 4 aliphatic rings. The Bertz CT molecular complexity index is 1120. The van der Waals surface area contributed by atoms with Crippen molar-refractivity contribution < 1.29 is 44.1 Å². The van der Waals surface area contributed by atoms with Gasteiger partial charge in [0.05, 0.1) is 19.1 Å². The van der Waals surface area contributed by atoms with Gasteiger partial charge in [-0.1, -0.05) is 31.9 Å². The van der Waals surface area contributed by atoms with E-state index < -0.39 is 40.6 Å². The number of esters is 1. The first kappa shape index (κ1) is 32.1. The molecule has 0 aromatic heterocycles. The minimum absolute atomic E-state index is 0.0126. The Hall–Kier alpha value is -2.86. The van der Waals surface area contributed by atoms with Crippen LogP contribution in [0.5, 0.6) is 0 Å². The number of ketones is 2. The number of aliphatic hydroxyl groups excluding tert-OH is 1. The highest BCUT2D eigenvalue weighted by Gasteiger charge is 2.68. The summed E-state index contributed by atoms with van der Waals surface area (Å²) in [5.41, 5.74) is -1.74. The average Bonchev–Trinajstić information content (AvgIpc) is 3.20. The number of carbonyl (C=O) groups excluding carboxylic acids is 4. The largest absolute Gasteiger partial charge is 0.457 e. The summed E-state index contributed by atoms with van der Waals surface area (Å²) in [7, 11) is 0. The molecule has 0 aliphatic heterocycles. The van der Waals surface area contributed by atoms with Gasteiger partial charge in [-0.15, -0.1) is 10.1 Å². The van der Waals surface area contributed by atoms with Gasteiger partial charge in [0, 0.05) is 31.2 Å². The van der Waals surface area contributed by atoms with Crippen molar-refractivity contribution in [2.24, 2.45) is 28.6 Å². The summed E-state index contributed by atoms with van der Waals surface area (Å²) in [6.45, 7) is 3.47. The van der Waals surface area contributed by atoms with E-state index in [1.807, 2.05) is 6.92 Å². The van der Waals surface area contributed by atoms with E-state index in [1.54, 1.807) is 0 Å². The van der Waals surface area contributed by atoms with E-state index in [4.69, 9.17) is 4.74 Å². The molecule has 3 N–H and O–H groups in total. The summed E-state index contributed by atoms with van der Waals surface area (Å²) < 4.78 is 5.19. The van der Waals surface area contributed by atoms with Gasteiger partial charge in [0.2, 0.25) is 11.7 Å². The van der Waals surface area contributed by atoms with Crippen molar-refractivity contribution in [2.45, 2.75) is 103 Å². The molecule has 0 aromatic rings. The Morgan fingerprint density at radius 1 is 1.17 bits per heavy atom. The predicted molar refractivity (Wildman–Crippen MR) is 148 cm³/mol. The van der Waals surface area contributed by atoms with Gasteiger partial charge in [-0.25, -0.2) is 0 Å². The summed E-state index contributed by atoms with van der Waals surface area (Å²) in [6, 6.07) is 0. The molecule has 0 bridgehead atoms. The fraction of sp³-hybridized carbons (Fsp3) is 0.800. The first-order valence-corrected chi connectivity index (χ1v) is 15.2. The van der Waals surface area contributed by atoms with Gasteiger partial charge in [0.25, 0.3) is 5.09 Å². The Morgan fingerprint density at radius 2 is 1.93 bits per heavy atom. The Balaban J connectivity index is 1.25. The maximum Gasteiger partial charge on any atom is 0.308 e. The van der Waals surface area contributed by atoms with Gasteiger partial charge in [0.1, 0.15) is 11.4 Å². The zero-order valence-electron chi connectivity index (χ0n) is 24.6. The molecule has 0 unspecified atom stereocenters. The molecule has 4 aliphatic carbocycles. The van der Waals surface area contributed by atoms with Gasteiger partial charge in [-0.2, -0.15) is 0 Å². The lowest BCUT2D eigenvalue weighted by molar-refractivity contribution is -0.757. The second-order valence-electron chi connectivity index (χ2n) is 13.0. The number of carbonyl (C=O) groups is 4. The standard InChI is InChI=1S/C30H44N2O10/c1-28-12-9-20(33)16-19(28)7-8-21-22-10-13-30(38,29(22,2)17-23(34)27(21)28)24(35)18-41-26(37)11-14-31-25(36)6-4-3-5-15-42-32(39)40/h7,21-23,27,34,38H,3-6,8-18H2,1-2H3,(H,31,36)/t21-,22-,23-,27+,28-,29-,30-/m0/s1. The molecule has 4 rings (SSSR count). The summed E-state index contributed by atoms with van der Waals surface area (Å²) in [6.07, 6.45) is 6.58. The quantitative estimate of drug-likeness (QED) is 0.0945. The smallest absolute Gasteiger partial charge is 0.308 e. The molecule has 3 saturated carbocycles. The maximum absolute atomic E-state index is 13.4. The highest BCUT2D eigenvalue weighted by Crippen LogP contribution is 2.67. The third kappa shape index (κ3) is 6.24. The molecule has 0 radical (unpaired) electrons. The zero-order valence-corrected chi connectivity index (χ0v) is 24.6. The molecule has 0 aromatic carbocycles. The van der Waals surface area contributed by atoms with Gasteiger partial charge >= 0.3 is 5.97 Å². The number of aliphatic hydroxyl groups is 2. The van der Waals surface area contributed by atoms with Gasteiger partial charge in [-0.05, 0) is 68.1 Å². The molecule has 234 valence electrons. The first-order valence-electron chi connectivity index (χ1n) is 15.2. The highest BCUT2D eigenvalue weighted by molar-refractivity contribution is 5.91. The van der Waals surface area contributed by atoms with Crippen LogP contribution in [-0.4, -0.2) is 70.2 Å². The van der Waals surface area contributed by atoms with Gasteiger partial charge in [-0.3, -0.25) is 19.2 Å². The SMILES string of the molecule is C[C@]12CCC(=O)CC1=CC[C@@H]1[C@@H]2[C@@H](O)C[C@@]2(C)[C@H]1CC[C@]2(O)C(=O)COC(=O)CCNC(=O)CCCCCO[N+](=O)[O-]. The molecule has 1 amide bonds. The lowest BCUT2D eigenvalue weighted by atomic mass is 9.46. The fourth-order valence-electron chi connectivity index (χ4n) is 8.51. The van der Waals surface area contributed by atoms with Crippen LogP contribution in [0, 0.1) is 38.7 Å². The van der Waals surface area contributed by atoms with Crippen LogP contribution in [0.4, 0.5) is 0 Å². The monoisotopic (exact) mass is 592 g/mol.